The Morgan fingerprint density at radius 3 is 2.48 bits per heavy atom. The van der Waals surface area contributed by atoms with Crippen LogP contribution >= 0.6 is 0 Å². The van der Waals surface area contributed by atoms with Gasteiger partial charge in [-0.1, -0.05) is 12.1 Å². The largest absolute Gasteiger partial charge is 0.497 e. The Kier molecular flexibility index (Phi) is 6.30. The van der Waals surface area contributed by atoms with E-state index >= 15 is 0 Å². The number of hydrogen-bond donors (Lipinski definition) is 2. The second-order valence-electron chi connectivity index (χ2n) is 7.16. The van der Waals surface area contributed by atoms with E-state index in [4.69, 9.17) is 18.6 Å². The van der Waals surface area contributed by atoms with Gasteiger partial charge in [-0.05, 0) is 42.8 Å². The van der Waals surface area contributed by atoms with Crippen LogP contribution in [0.4, 0.5) is 4.79 Å². The van der Waals surface area contributed by atoms with Crippen LogP contribution in [0, 0.1) is 0 Å². The van der Waals surface area contributed by atoms with Crippen molar-refractivity contribution in [2.75, 3.05) is 20.3 Å². The molecule has 4 rings (SSSR count). The summed E-state index contributed by atoms with van der Waals surface area (Å²) >= 11 is 0. The zero-order valence-electron chi connectivity index (χ0n) is 18.0. The number of ether oxygens (including phenoxy) is 3. The van der Waals surface area contributed by atoms with Gasteiger partial charge >= 0.3 is 17.6 Å². The van der Waals surface area contributed by atoms with Crippen molar-refractivity contribution in [1.82, 2.24) is 10.6 Å². The number of esters is 1. The molecule has 9 heteroatoms. The van der Waals surface area contributed by atoms with E-state index < -0.39 is 23.7 Å². The fourth-order valence-electron chi connectivity index (χ4n) is 3.51. The Morgan fingerprint density at radius 1 is 1.03 bits per heavy atom. The lowest BCUT2D eigenvalue weighted by molar-refractivity contribution is -0.139. The second kappa shape index (κ2) is 9.47. The van der Waals surface area contributed by atoms with Gasteiger partial charge in [0.25, 0.3) is 0 Å². The van der Waals surface area contributed by atoms with Crippen LogP contribution in [0.3, 0.4) is 0 Å². The third-order valence-electron chi connectivity index (χ3n) is 5.08. The van der Waals surface area contributed by atoms with E-state index in [0.717, 1.165) is 5.39 Å². The highest BCUT2D eigenvalue weighted by Gasteiger charge is 2.34. The number of carbonyl (C=O) groups excluding carboxylic acids is 2. The van der Waals surface area contributed by atoms with Crippen molar-refractivity contribution in [3.8, 4) is 11.5 Å². The Balaban J connectivity index is 1.67. The van der Waals surface area contributed by atoms with Crippen LogP contribution in [0.2, 0.25) is 0 Å². The first kappa shape index (κ1) is 21.9. The second-order valence-corrected chi connectivity index (χ2v) is 7.16. The standard InChI is InChI=1S/C24H22N2O7/c1-3-31-23(28)21-18(13-32-17-10-4-14-7-11-20(27)33-19(14)12-17)25-24(29)26-22(21)15-5-8-16(30-2)9-6-15/h4-12,22H,3,13H2,1-2H3,(H2,25,26,29). The lowest BCUT2D eigenvalue weighted by Crippen LogP contribution is -2.47. The zero-order valence-corrected chi connectivity index (χ0v) is 18.0. The molecule has 0 aliphatic carbocycles. The first-order valence-electron chi connectivity index (χ1n) is 10.3. The summed E-state index contributed by atoms with van der Waals surface area (Å²) in [6.07, 6.45) is 0. The molecule has 0 saturated heterocycles. The summed E-state index contributed by atoms with van der Waals surface area (Å²) in [6.45, 7) is 1.76. The molecular weight excluding hydrogens is 428 g/mol. The summed E-state index contributed by atoms with van der Waals surface area (Å²) in [5.41, 5.74) is 1.07. The van der Waals surface area contributed by atoms with Gasteiger partial charge in [0.1, 0.15) is 23.7 Å². The minimum Gasteiger partial charge on any atom is -0.497 e. The van der Waals surface area contributed by atoms with E-state index in [1.807, 2.05) is 0 Å². The molecular formula is C24H22N2O7. The number of amides is 2. The van der Waals surface area contributed by atoms with Gasteiger partial charge in [-0.3, -0.25) is 0 Å². The quantitative estimate of drug-likeness (QED) is 0.420. The fourth-order valence-corrected chi connectivity index (χ4v) is 3.51. The molecule has 0 fully saturated rings. The van der Waals surface area contributed by atoms with Crippen LogP contribution in [0.15, 0.2) is 75.1 Å². The van der Waals surface area contributed by atoms with Crippen molar-refractivity contribution in [1.29, 1.82) is 0 Å². The number of nitrogens with one attached hydrogen (secondary N) is 2. The zero-order chi connectivity index (χ0) is 23.4. The molecule has 0 bridgehead atoms. The van der Waals surface area contributed by atoms with Crippen LogP contribution in [-0.2, 0) is 9.53 Å². The number of urea groups is 1. The van der Waals surface area contributed by atoms with Crippen LogP contribution in [0.5, 0.6) is 11.5 Å². The number of methoxy groups -OCH3 is 1. The molecule has 1 unspecified atom stereocenters. The molecule has 9 nitrogen and oxygen atoms in total. The number of rotatable bonds is 7. The number of hydrogen-bond acceptors (Lipinski definition) is 7. The lowest BCUT2D eigenvalue weighted by atomic mass is 9.95. The first-order chi connectivity index (χ1) is 16.0. The molecule has 1 aromatic heterocycles. The number of fused-ring (bicyclic) bond motifs is 1. The van der Waals surface area contributed by atoms with Crippen LogP contribution in [0.25, 0.3) is 11.0 Å². The maximum atomic E-state index is 12.8. The number of carbonyl (C=O) groups is 2. The Labute approximate surface area is 188 Å². The Morgan fingerprint density at radius 2 is 1.76 bits per heavy atom. The third kappa shape index (κ3) is 4.82. The van der Waals surface area contributed by atoms with Gasteiger partial charge in [0.2, 0.25) is 0 Å². The SMILES string of the molecule is CCOC(=O)C1=C(COc2ccc3ccc(=O)oc3c2)NC(=O)NC1c1ccc(OC)cc1. The maximum Gasteiger partial charge on any atom is 0.338 e. The summed E-state index contributed by atoms with van der Waals surface area (Å²) in [6, 6.07) is 13.8. The molecule has 2 heterocycles. The van der Waals surface area contributed by atoms with Crippen molar-refractivity contribution in [3.63, 3.8) is 0 Å². The average Bonchev–Trinajstić information content (AvgIpc) is 2.82. The lowest BCUT2D eigenvalue weighted by Gasteiger charge is -2.29. The molecule has 0 radical (unpaired) electrons. The smallest absolute Gasteiger partial charge is 0.338 e. The third-order valence-corrected chi connectivity index (χ3v) is 5.08. The van der Waals surface area contributed by atoms with E-state index in [-0.39, 0.29) is 24.5 Å². The van der Waals surface area contributed by atoms with E-state index in [0.29, 0.717) is 22.6 Å². The highest BCUT2D eigenvalue weighted by Crippen LogP contribution is 2.29. The fraction of sp³-hybridized carbons (Fsp3) is 0.208. The molecule has 0 saturated carbocycles. The molecule has 2 N–H and O–H groups in total. The topological polar surface area (TPSA) is 116 Å². The Bertz CT molecular complexity index is 1280. The van der Waals surface area contributed by atoms with Crippen molar-refractivity contribution in [2.24, 2.45) is 0 Å². The predicted molar refractivity (Wildman–Crippen MR) is 119 cm³/mol. The van der Waals surface area contributed by atoms with Crippen molar-refractivity contribution < 1.29 is 28.2 Å². The van der Waals surface area contributed by atoms with Gasteiger partial charge in [0.05, 0.1) is 31.0 Å². The summed E-state index contributed by atoms with van der Waals surface area (Å²) in [5, 5.41) is 6.15. The van der Waals surface area contributed by atoms with Gasteiger partial charge in [-0.25, -0.2) is 14.4 Å². The molecule has 1 atom stereocenters. The molecule has 3 aromatic rings. The van der Waals surface area contributed by atoms with E-state index in [1.165, 1.54) is 6.07 Å². The van der Waals surface area contributed by atoms with Crippen LogP contribution in [-0.4, -0.2) is 32.3 Å². The van der Waals surface area contributed by atoms with Crippen molar-refractivity contribution >= 4 is 23.0 Å². The maximum absolute atomic E-state index is 12.8. The average molecular weight is 450 g/mol. The minimum absolute atomic E-state index is 0.114. The van der Waals surface area contributed by atoms with Crippen molar-refractivity contribution in [3.05, 3.63) is 81.9 Å². The van der Waals surface area contributed by atoms with Gasteiger partial charge in [0.15, 0.2) is 0 Å². The predicted octanol–water partition coefficient (Wildman–Crippen LogP) is 3.05. The normalized spacial score (nSPS) is 15.6. The van der Waals surface area contributed by atoms with Crippen molar-refractivity contribution in [2.45, 2.75) is 13.0 Å². The highest BCUT2D eigenvalue weighted by molar-refractivity contribution is 5.95. The summed E-state index contributed by atoms with van der Waals surface area (Å²) < 4.78 is 21.5. The summed E-state index contributed by atoms with van der Waals surface area (Å²) in [4.78, 5) is 36.7. The minimum atomic E-state index is -0.739. The molecule has 1 aliphatic rings. The molecule has 1 aliphatic heterocycles. The molecule has 2 amide bonds. The molecule has 2 aromatic carbocycles. The molecule has 33 heavy (non-hydrogen) atoms. The summed E-state index contributed by atoms with van der Waals surface area (Å²) in [7, 11) is 1.55. The van der Waals surface area contributed by atoms with Gasteiger partial charge in [-0.2, -0.15) is 0 Å². The summed E-state index contributed by atoms with van der Waals surface area (Å²) in [5.74, 6) is 0.474. The number of benzene rings is 2. The van der Waals surface area contributed by atoms with Gasteiger partial charge in [-0.15, -0.1) is 0 Å². The molecule has 170 valence electrons. The highest BCUT2D eigenvalue weighted by atomic mass is 16.5. The first-order valence-corrected chi connectivity index (χ1v) is 10.3. The van der Waals surface area contributed by atoms with Gasteiger partial charge in [0, 0.05) is 17.5 Å². The molecule has 0 spiro atoms. The van der Waals surface area contributed by atoms with Crippen LogP contribution < -0.4 is 25.7 Å². The Hall–Kier alpha value is -4.27. The monoisotopic (exact) mass is 450 g/mol. The van der Waals surface area contributed by atoms with E-state index in [1.54, 1.807) is 62.6 Å². The van der Waals surface area contributed by atoms with Crippen LogP contribution in [0.1, 0.15) is 18.5 Å². The van der Waals surface area contributed by atoms with E-state index in [2.05, 4.69) is 10.6 Å². The van der Waals surface area contributed by atoms with E-state index in [9.17, 15) is 14.4 Å². The van der Waals surface area contributed by atoms with Gasteiger partial charge < -0.3 is 29.3 Å².